The molecule has 1 unspecified atom stereocenters. The summed E-state index contributed by atoms with van der Waals surface area (Å²) in [4.78, 5) is 1.19. The quantitative estimate of drug-likeness (QED) is 0.523. The molecule has 0 amide bonds. The van der Waals surface area contributed by atoms with Gasteiger partial charge in [0.05, 0.1) is 6.61 Å². The topological polar surface area (TPSA) is 61.3 Å². The smallest absolute Gasteiger partial charge is 0.178 e. The molecule has 0 radical (unpaired) electrons. The van der Waals surface area contributed by atoms with Crippen molar-refractivity contribution in [2.75, 3.05) is 6.61 Å². The molecule has 0 spiro atoms. The lowest BCUT2D eigenvalue weighted by Crippen LogP contribution is -2.12. The second-order valence-corrected chi connectivity index (χ2v) is 7.33. The third-order valence-corrected chi connectivity index (χ3v) is 5.70. The number of thiophene rings is 2. The first kappa shape index (κ1) is 15.4. The standard InChI is InChI=1S/C18H16N2O2S2/c19-14(16-5-2-9-23-16)6-8-21-13-4-1-3-12(11-13)17-18-15(22-20-17)7-10-24-18/h1-5,7,9-11,14H,6,8,19H2. The molecule has 0 bridgehead atoms. The Bertz CT molecular complexity index is 927. The van der Waals surface area contributed by atoms with Crippen LogP contribution < -0.4 is 10.5 Å². The van der Waals surface area contributed by atoms with E-state index in [1.165, 1.54) is 4.88 Å². The van der Waals surface area contributed by atoms with Gasteiger partial charge in [0, 0.05) is 22.9 Å². The summed E-state index contributed by atoms with van der Waals surface area (Å²) in [5.74, 6) is 0.818. The predicted molar refractivity (Wildman–Crippen MR) is 98.7 cm³/mol. The minimum absolute atomic E-state index is 0.0227. The molecule has 1 aromatic carbocycles. The zero-order valence-corrected chi connectivity index (χ0v) is 14.5. The molecular weight excluding hydrogens is 340 g/mol. The van der Waals surface area contributed by atoms with Crippen molar-refractivity contribution in [2.45, 2.75) is 12.5 Å². The van der Waals surface area contributed by atoms with Gasteiger partial charge in [-0.25, -0.2) is 0 Å². The van der Waals surface area contributed by atoms with Crippen LogP contribution in [0.4, 0.5) is 0 Å². The van der Waals surface area contributed by atoms with Crippen molar-refractivity contribution >= 4 is 33.0 Å². The molecule has 6 heteroatoms. The van der Waals surface area contributed by atoms with Crippen molar-refractivity contribution in [1.82, 2.24) is 5.16 Å². The first-order valence-corrected chi connectivity index (χ1v) is 9.42. The highest BCUT2D eigenvalue weighted by Crippen LogP contribution is 2.33. The van der Waals surface area contributed by atoms with Crippen molar-refractivity contribution in [3.8, 4) is 17.0 Å². The fourth-order valence-corrected chi connectivity index (χ4v) is 4.12. The van der Waals surface area contributed by atoms with E-state index in [9.17, 15) is 0 Å². The van der Waals surface area contributed by atoms with Gasteiger partial charge in [-0.2, -0.15) is 0 Å². The lowest BCUT2D eigenvalue weighted by atomic mass is 10.1. The Morgan fingerprint density at radius 2 is 2.08 bits per heavy atom. The van der Waals surface area contributed by atoms with Crippen LogP contribution in [0, 0.1) is 0 Å². The minimum Gasteiger partial charge on any atom is -0.494 e. The van der Waals surface area contributed by atoms with E-state index in [0.717, 1.165) is 33.7 Å². The van der Waals surface area contributed by atoms with Crippen LogP contribution >= 0.6 is 22.7 Å². The maximum Gasteiger partial charge on any atom is 0.178 e. The van der Waals surface area contributed by atoms with Gasteiger partial charge in [-0.05, 0) is 35.0 Å². The van der Waals surface area contributed by atoms with Crippen molar-refractivity contribution in [2.24, 2.45) is 5.73 Å². The summed E-state index contributed by atoms with van der Waals surface area (Å²) in [5.41, 5.74) is 8.85. The molecule has 3 heterocycles. The molecular formula is C18H16N2O2S2. The molecule has 122 valence electrons. The van der Waals surface area contributed by atoms with Crippen LogP contribution in [0.1, 0.15) is 17.3 Å². The second kappa shape index (κ2) is 6.76. The van der Waals surface area contributed by atoms with E-state index >= 15 is 0 Å². The van der Waals surface area contributed by atoms with E-state index < -0.39 is 0 Å². The molecule has 24 heavy (non-hydrogen) atoms. The zero-order valence-electron chi connectivity index (χ0n) is 12.8. The van der Waals surface area contributed by atoms with Crippen LogP contribution in [0.3, 0.4) is 0 Å². The molecule has 2 N–H and O–H groups in total. The van der Waals surface area contributed by atoms with Gasteiger partial charge >= 0.3 is 0 Å². The van der Waals surface area contributed by atoms with Crippen molar-refractivity contribution in [1.29, 1.82) is 0 Å². The number of ether oxygens (including phenoxy) is 1. The van der Waals surface area contributed by atoms with E-state index in [0.29, 0.717) is 6.61 Å². The maximum atomic E-state index is 6.17. The molecule has 1 atom stereocenters. The third-order valence-electron chi connectivity index (χ3n) is 3.79. The van der Waals surface area contributed by atoms with Gasteiger partial charge in [0.2, 0.25) is 0 Å². The summed E-state index contributed by atoms with van der Waals surface area (Å²) in [7, 11) is 0. The highest BCUT2D eigenvalue weighted by molar-refractivity contribution is 7.17. The molecule has 0 aliphatic carbocycles. The third kappa shape index (κ3) is 3.08. The molecule has 0 saturated heterocycles. The number of rotatable bonds is 6. The number of nitrogens with two attached hydrogens (primary N) is 1. The Balaban J connectivity index is 1.44. The van der Waals surface area contributed by atoms with Gasteiger partial charge in [-0.1, -0.05) is 23.4 Å². The van der Waals surface area contributed by atoms with Crippen molar-refractivity contribution < 1.29 is 9.26 Å². The normalized spacial score (nSPS) is 12.5. The summed E-state index contributed by atoms with van der Waals surface area (Å²) in [6.07, 6.45) is 0.782. The Morgan fingerprint density at radius 3 is 2.96 bits per heavy atom. The molecule has 4 rings (SSSR count). The zero-order chi connectivity index (χ0) is 16.4. The highest BCUT2D eigenvalue weighted by Gasteiger charge is 2.12. The number of benzene rings is 1. The van der Waals surface area contributed by atoms with Gasteiger partial charge in [0.15, 0.2) is 5.58 Å². The highest BCUT2D eigenvalue weighted by atomic mass is 32.1. The largest absolute Gasteiger partial charge is 0.494 e. The van der Waals surface area contributed by atoms with E-state index in [1.54, 1.807) is 22.7 Å². The van der Waals surface area contributed by atoms with Crippen LogP contribution in [0.25, 0.3) is 21.5 Å². The summed E-state index contributed by atoms with van der Waals surface area (Å²) >= 11 is 3.31. The second-order valence-electron chi connectivity index (χ2n) is 5.43. The van der Waals surface area contributed by atoms with Crippen LogP contribution in [0.2, 0.25) is 0 Å². The van der Waals surface area contributed by atoms with E-state index in [4.69, 9.17) is 15.0 Å². The lowest BCUT2D eigenvalue weighted by Gasteiger charge is -2.11. The Kier molecular flexibility index (Phi) is 4.34. The molecule has 3 aromatic heterocycles. The Hall–Kier alpha value is -2.15. The predicted octanol–water partition coefficient (Wildman–Crippen LogP) is 5.09. The number of hydrogen-bond acceptors (Lipinski definition) is 6. The van der Waals surface area contributed by atoms with E-state index in [1.807, 2.05) is 47.2 Å². The molecule has 0 saturated carbocycles. The van der Waals surface area contributed by atoms with Gasteiger partial charge in [-0.15, -0.1) is 22.7 Å². The first-order chi connectivity index (χ1) is 11.8. The minimum atomic E-state index is 0.0227. The summed E-state index contributed by atoms with van der Waals surface area (Å²) < 4.78 is 12.3. The molecule has 0 aliphatic heterocycles. The maximum absolute atomic E-state index is 6.17. The average molecular weight is 356 g/mol. The van der Waals surface area contributed by atoms with Crippen molar-refractivity contribution in [3.63, 3.8) is 0 Å². The van der Waals surface area contributed by atoms with E-state index in [-0.39, 0.29) is 6.04 Å². The summed E-state index contributed by atoms with van der Waals surface area (Å²) in [5, 5.41) is 8.22. The fourth-order valence-electron chi connectivity index (χ4n) is 2.54. The lowest BCUT2D eigenvalue weighted by molar-refractivity contribution is 0.299. The van der Waals surface area contributed by atoms with Crippen LogP contribution in [0.15, 0.2) is 57.7 Å². The number of hydrogen-bond donors (Lipinski definition) is 1. The summed E-state index contributed by atoms with van der Waals surface area (Å²) in [6.45, 7) is 0.579. The Labute approximate surface area is 147 Å². The monoisotopic (exact) mass is 356 g/mol. The average Bonchev–Trinajstić information content (AvgIpc) is 3.32. The fraction of sp³-hybridized carbons (Fsp3) is 0.167. The van der Waals surface area contributed by atoms with Crippen LogP contribution in [-0.2, 0) is 0 Å². The number of nitrogens with zero attached hydrogens (tertiary/aromatic N) is 1. The van der Waals surface area contributed by atoms with Crippen molar-refractivity contribution in [3.05, 3.63) is 58.1 Å². The van der Waals surface area contributed by atoms with E-state index in [2.05, 4.69) is 11.2 Å². The van der Waals surface area contributed by atoms with Gasteiger partial charge in [0.1, 0.15) is 16.1 Å². The van der Waals surface area contributed by atoms with Gasteiger partial charge in [-0.3, -0.25) is 0 Å². The molecule has 4 nitrogen and oxygen atoms in total. The first-order valence-electron chi connectivity index (χ1n) is 7.66. The SMILES string of the molecule is NC(CCOc1cccc(-c2noc3ccsc23)c1)c1cccs1. The molecule has 0 fully saturated rings. The van der Waals surface area contributed by atoms with Gasteiger partial charge < -0.3 is 15.0 Å². The van der Waals surface area contributed by atoms with Gasteiger partial charge in [0.25, 0.3) is 0 Å². The molecule has 0 aliphatic rings. The number of fused-ring (bicyclic) bond motifs is 1. The van der Waals surface area contributed by atoms with Crippen LogP contribution in [0.5, 0.6) is 5.75 Å². The molecule has 4 aromatic rings. The number of aromatic nitrogens is 1. The summed E-state index contributed by atoms with van der Waals surface area (Å²) in [6, 6.07) is 14.0. The Morgan fingerprint density at radius 1 is 1.12 bits per heavy atom. The van der Waals surface area contributed by atoms with Crippen LogP contribution in [-0.4, -0.2) is 11.8 Å².